The molecular formula is C23H26F6N4O2S. The SMILES string of the molecule is CN(C)C(=O)CCN=C1NC(=O)SC1=CC1CCN(Cc2ccc(C(F)(F)F)cc2C(F)(F)F)CC1. The number of nitrogens with zero attached hydrogens (tertiary/aromatic N) is 3. The lowest BCUT2D eigenvalue weighted by atomic mass is 9.95. The molecule has 0 unspecified atom stereocenters. The van der Waals surface area contributed by atoms with Gasteiger partial charge in [0, 0.05) is 27.1 Å². The van der Waals surface area contributed by atoms with Crippen LogP contribution in [0.1, 0.15) is 36.0 Å². The lowest BCUT2D eigenvalue weighted by Gasteiger charge is -2.31. The zero-order chi connectivity index (χ0) is 26.7. The Balaban J connectivity index is 1.63. The highest BCUT2D eigenvalue weighted by molar-refractivity contribution is 8.18. The van der Waals surface area contributed by atoms with E-state index in [1.54, 1.807) is 19.0 Å². The van der Waals surface area contributed by atoms with E-state index in [0.29, 0.717) is 42.7 Å². The molecule has 13 heteroatoms. The third-order valence-corrected chi connectivity index (χ3v) is 6.74. The summed E-state index contributed by atoms with van der Waals surface area (Å²) in [6.07, 6.45) is -6.44. The summed E-state index contributed by atoms with van der Waals surface area (Å²) >= 11 is 0.998. The number of hydrogen-bond donors (Lipinski definition) is 1. The molecule has 1 aromatic rings. The van der Waals surface area contributed by atoms with Crippen LogP contribution >= 0.6 is 11.8 Å². The van der Waals surface area contributed by atoms with E-state index in [9.17, 15) is 35.9 Å². The molecule has 0 saturated carbocycles. The van der Waals surface area contributed by atoms with Gasteiger partial charge in [-0.1, -0.05) is 12.1 Å². The Morgan fingerprint density at radius 3 is 2.42 bits per heavy atom. The third kappa shape index (κ3) is 7.48. The van der Waals surface area contributed by atoms with Crippen LogP contribution in [-0.4, -0.2) is 60.5 Å². The molecule has 2 aliphatic heterocycles. The molecule has 0 spiro atoms. The molecule has 2 aliphatic rings. The first-order chi connectivity index (χ1) is 16.7. The molecule has 3 rings (SSSR count). The van der Waals surface area contributed by atoms with Gasteiger partial charge in [-0.2, -0.15) is 26.3 Å². The minimum Gasteiger partial charge on any atom is -0.349 e. The fraction of sp³-hybridized carbons (Fsp3) is 0.522. The predicted octanol–water partition coefficient (Wildman–Crippen LogP) is 5.15. The van der Waals surface area contributed by atoms with Crippen LogP contribution in [0.5, 0.6) is 0 Å². The van der Waals surface area contributed by atoms with Crippen LogP contribution in [0.4, 0.5) is 31.1 Å². The quantitative estimate of drug-likeness (QED) is 0.511. The highest BCUT2D eigenvalue weighted by Crippen LogP contribution is 2.38. The van der Waals surface area contributed by atoms with Crippen LogP contribution in [-0.2, 0) is 23.7 Å². The number of halogens is 6. The first kappa shape index (κ1) is 28.0. The summed E-state index contributed by atoms with van der Waals surface area (Å²) in [4.78, 5) is 31.8. The van der Waals surface area contributed by atoms with Gasteiger partial charge in [0.2, 0.25) is 5.91 Å². The first-order valence-electron chi connectivity index (χ1n) is 11.2. The van der Waals surface area contributed by atoms with Crippen LogP contribution in [0.25, 0.3) is 0 Å². The van der Waals surface area contributed by atoms with Gasteiger partial charge >= 0.3 is 12.4 Å². The van der Waals surface area contributed by atoms with Crippen molar-refractivity contribution in [2.24, 2.45) is 10.9 Å². The number of thioether (sulfide) groups is 1. The van der Waals surface area contributed by atoms with E-state index in [2.05, 4.69) is 10.3 Å². The average molecular weight is 537 g/mol. The number of amidine groups is 1. The lowest BCUT2D eigenvalue weighted by Crippen LogP contribution is -2.33. The van der Waals surface area contributed by atoms with Gasteiger partial charge in [-0.05, 0) is 61.3 Å². The van der Waals surface area contributed by atoms with E-state index in [1.165, 1.54) is 4.90 Å². The van der Waals surface area contributed by atoms with E-state index < -0.39 is 23.5 Å². The van der Waals surface area contributed by atoms with Crippen molar-refractivity contribution in [3.8, 4) is 0 Å². The van der Waals surface area contributed by atoms with Crippen molar-refractivity contribution in [3.63, 3.8) is 0 Å². The van der Waals surface area contributed by atoms with Crippen LogP contribution in [0.2, 0.25) is 0 Å². The average Bonchev–Trinajstić information content (AvgIpc) is 3.12. The van der Waals surface area contributed by atoms with Crippen LogP contribution in [0, 0.1) is 5.92 Å². The maximum Gasteiger partial charge on any atom is 0.416 e. The number of aliphatic imine (C=N–C) groups is 1. The fourth-order valence-corrected chi connectivity index (χ4v) is 4.76. The van der Waals surface area contributed by atoms with Crippen molar-refractivity contribution in [1.82, 2.24) is 15.1 Å². The molecule has 0 aliphatic carbocycles. The van der Waals surface area contributed by atoms with Crippen LogP contribution < -0.4 is 5.32 Å². The third-order valence-electron chi connectivity index (χ3n) is 5.91. The van der Waals surface area contributed by atoms with Crippen molar-refractivity contribution in [3.05, 3.63) is 45.9 Å². The Labute approximate surface area is 208 Å². The molecule has 198 valence electrons. The zero-order valence-electron chi connectivity index (χ0n) is 19.7. The molecule has 1 N–H and O–H groups in total. The number of rotatable bonds is 6. The van der Waals surface area contributed by atoms with Gasteiger partial charge < -0.3 is 10.2 Å². The Kier molecular flexibility index (Phi) is 8.75. The van der Waals surface area contributed by atoms with Crippen LogP contribution in [0.3, 0.4) is 0 Å². The maximum absolute atomic E-state index is 13.4. The van der Waals surface area contributed by atoms with E-state index in [4.69, 9.17) is 0 Å². The highest BCUT2D eigenvalue weighted by Gasteiger charge is 2.38. The molecular weight excluding hydrogens is 510 g/mol. The van der Waals surface area contributed by atoms with Gasteiger partial charge in [0.25, 0.3) is 5.24 Å². The monoisotopic (exact) mass is 536 g/mol. The summed E-state index contributed by atoms with van der Waals surface area (Å²) in [6.45, 7) is 1.00. The molecule has 0 atom stereocenters. The second-order valence-corrected chi connectivity index (χ2v) is 9.81. The number of likely N-dealkylation sites (tertiary alicyclic amines) is 1. The molecule has 2 heterocycles. The van der Waals surface area contributed by atoms with Gasteiger partial charge in [0.05, 0.1) is 22.6 Å². The standard InChI is InChI=1S/C23H26F6N4O2S/c1-32(2)19(34)5-8-30-20-18(36-21(35)31-20)11-14-6-9-33(10-7-14)13-15-3-4-16(22(24,25)26)12-17(15)23(27,28)29/h3-4,11-12,14H,5-10,13H2,1-2H3,(H,30,31,35). The highest BCUT2D eigenvalue weighted by atomic mass is 32.2. The van der Waals surface area contributed by atoms with Gasteiger partial charge in [0.1, 0.15) is 5.84 Å². The summed E-state index contributed by atoms with van der Waals surface area (Å²) < 4.78 is 79.0. The maximum atomic E-state index is 13.4. The molecule has 0 bridgehead atoms. The molecule has 1 aromatic carbocycles. The van der Waals surface area contributed by atoms with Gasteiger partial charge in [-0.25, -0.2) is 0 Å². The number of carbonyl (C=O) groups is 2. The van der Waals surface area contributed by atoms with E-state index in [0.717, 1.165) is 17.8 Å². The van der Waals surface area contributed by atoms with E-state index in [1.807, 2.05) is 6.08 Å². The van der Waals surface area contributed by atoms with Gasteiger partial charge in [-0.15, -0.1) is 0 Å². The number of alkyl halides is 6. The molecule has 36 heavy (non-hydrogen) atoms. The molecule has 2 amide bonds. The van der Waals surface area contributed by atoms with E-state index >= 15 is 0 Å². The smallest absolute Gasteiger partial charge is 0.349 e. The first-order valence-corrected chi connectivity index (χ1v) is 12.0. The second kappa shape index (κ2) is 11.2. The Morgan fingerprint density at radius 2 is 1.83 bits per heavy atom. The Bertz CT molecular complexity index is 1040. The number of piperidine rings is 1. The zero-order valence-corrected chi connectivity index (χ0v) is 20.5. The van der Waals surface area contributed by atoms with Gasteiger partial charge in [0.15, 0.2) is 0 Å². The minimum atomic E-state index is -4.90. The summed E-state index contributed by atoms with van der Waals surface area (Å²) in [6, 6.07) is 1.74. The molecule has 0 radical (unpaired) electrons. The van der Waals surface area contributed by atoms with Gasteiger partial charge in [-0.3, -0.25) is 19.5 Å². The normalized spacial score (nSPS) is 20.3. The molecule has 2 fully saturated rings. The molecule has 6 nitrogen and oxygen atoms in total. The summed E-state index contributed by atoms with van der Waals surface area (Å²) in [7, 11) is 3.28. The topological polar surface area (TPSA) is 65.0 Å². The van der Waals surface area contributed by atoms with Crippen molar-refractivity contribution < 1.29 is 35.9 Å². The fourth-order valence-electron chi connectivity index (χ4n) is 3.94. The minimum absolute atomic E-state index is 0.0553. The van der Waals surface area contributed by atoms with Crippen molar-refractivity contribution in [1.29, 1.82) is 0 Å². The summed E-state index contributed by atoms with van der Waals surface area (Å²) in [5.74, 6) is 0.370. The lowest BCUT2D eigenvalue weighted by molar-refractivity contribution is -0.143. The van der Waals surface area contributed by atoms with E-state index in [-0.39, 0.29) is 48.2 Å². The number of benzene rings is 1. The van der Waals surface area contributed by atoms with Crippen LogP contribution in [0.15, 0.2) is 34.2 Å². The Hall–Kier alpha value is -2.54. The molecule has 0 aromatic heterocycles. The Morgan fingerprint density at radius 1 is 1.17 bits per heavy atom. The number of amides is 2. The van der Waals surface area contributed by atoms with Crippen molar-refractivity contribution >= 4 is 28.7 Å². The number of hydrogen-bond acceptors (Lipinski definition) is 5. The molecule has 2 saturated heterocycles. The summed E-state index contributed by atoms with van der Waals surface area (Å²) in [5, 5.41) is 2.38. The number of nitrogens with one attached hydrogen (secondary N) is 1. The predicted molar refractivity (Wildman–Crippen MR) is 124 cm³/mol. The largest absolute Gasteiger partial charge is 0.416 e. The second-order valence-electron chi connectivity index (χ2n) is 8.79. The summed E-state index contributed by atoms with van der Waals surface area (Å²) in [5.41, 5.74) is -2.80. The van der Waals surface area contributed by atoms with Crippen molar-refractivity contribution in [2.75, 3.05) is 33.7 Å². The van der Waals surface area contributed by atoms with Crippen molar-refractivity contribution in [2.45, 2.75) is 38.2 Å². The number of allylic oxidation sites excluding steroid dienone is 1. The number of carbonyl (C=O) groups excluding carboxylic acids is 2.